The number of rotatable bonds is 6. The molecule has 0 atom stereocenters. The Labute approximate surface area is 164 Å². The van der Waals surface area contributed by atoms with E-state index < -0.39 is 0 Å². The van der Waals surface area contributed by atoms with Crippen LogP contribution in [0.2, 0.25) is 5.02 Å². The molecule has 1 saturated heterocycles. The summed E-state index contributed by atoms with van der Waals surface area (Å²) in [4.78, 5) is 13.8. The highest BCUT2D eigenvalue weighted by molar-refractivity contribution is 6.30. The van der Waals surface area contributed by atoms with Crippen molar-refractivity contribution in [3.8, 4) is 17.4 Å². The van der Waals surface area contributed by atoms with Crippen molar-refractivity contribution in [2.75, 3.05) is 26.2 Å². The fourth-order valence-corrected chi connectivity index (χ4v) is 3.37. The van der Waals surface area contributed by atoms with Crippen LogP contribution in [0.5, 0.6) is 0 Å². The number of likely N-dealkylation sites (tertiary alicyclic amines) is 1. The maximum Gasteiger partial charge on any atom is 0.262 e. The molecule has 1 aromatic heterocycles. The molecule has 27 heavy (non-hydrogen) atoms. The molecule has 3 rings (SSSR count). The van der Waals surface area contributed by atoms with Gasteiger partial charge < -0.3 is 14.6 Å². The fraction of sp³-hybridized carbons (Fsp3) is 0.333. The lowest BCUT2D eigenvalue weighted by Crippen LogP contribution is -3.13. The first kappa shape index (κ1) is 19.2. The lowest BCUT2D eigenvalue weighted by molar-refractivity contribution is -0.903. The first-order valence-corrected chi connectivity index (χ1v) is 9.63. The third-order valence-electron chi connectivity index (χ3n) is 4.73. The summed E-state index contributed by atoms with van der Waals surface area (Å²) < 4.78 is 5.74. The van der Waals surface area contributed by atoms with E-state index in [1.54, 1.807) is 18.2 Å². The van der Waals surface area contributed by atoms with E-state index in [4.69, 9.17) is 16.0 Å². The number of benzene rings is 1. The van der Waals surface area contributed by atoms with Crippen LogP contribution in [0.15, 0.2) is 46.4 Å². The highest BCUT2D eigenvalue weighted by Crippen LogP contribution is 2.24. The molecule has 0 spiro atoms. The van der Waals surface area contributed by atoms with Crippen molar-refractivity contribution in [2.24, 2.45) is 0 Å². The van der Waals surface area contributed by atoms with Crippen LogP contribution >= 0.6 is 11.6 Å². The summed E-state index contributed by atoms with van der Waals surface area (Å²) in [5.74, 6) is 0.760. The Morgan fingerprint density at radius 2 is 1.93 bits per heavy atom. The number of amides is 1. The molecule has 2 heterocycles. The molecular weight excluding hydrogens is 362 g/mol. The smallest absolute Gasteiger partial charge is 0.262 e. The average Bonchev–Trinajstić information content (AvgIpc) is 3.16. The van der Waals surface area contributed by atoms with Gasteiger partial charge in [0.1, 0.15) is 23.2 Å². The van der Waals surface area contributed by atoms with Gasteiger partial charge in [-0.15, -0.1) is 0 Å². The third kappa shape index (κ3) is 5.46. The molecule has 1 aliphatic heterocycles. The highest BCUT2D eigenvalue weighted by Gasteiger charge is 2.15. The summed E-state index contributed by atoms with van der Waals surface area (Å²) in [5.41, 5.74) is 0.923. The van der Waals surface area contributed by atoms with E-state index in [0.29, 0.717) is 23.1 Å². The predicted octanol–water partition coefficient (Wildman–Crippen LogP) is 2.69. The number of nitrogens with zero attached hydrogens (tertiary/aromatic N) is 1. The molecule has 140 valence electrons. The second kappa shape index (κ2) is 9.40. The molecule has 2 aromatic rings. The molecule has 1 aliphatic rings. The number of carbonyl (C=O) groups is 1. The SMILES string of the molecule is N#C/C(=C/c1ccc(-c2ccc(Cl)cc2)o1)C(=O)NCC[NH+]1CCCCC1. The molecule has 5 nitrogen and oxygen atoms in total. The van der Waals surface area contributed by atoms with Gasteiger partial charge >= 0.3 is 0 Å². The first-order valence-electron chi connectivity index (χ1n) is 9.25. The Hall–Kier alpha value is -2.55. The van der Waals surface area contributed by atoms with E-state index in [-0.39, 0.29) is 11.5 Å². The molecule has 0 unspecified atom stereocenters. The molecular formula is C21H23ClN3O2+. The highest BCUT2D eigenvalue weighted by atomic mass is 35.5. The van der Waals surface area contributed by atoms with E-state index in [1.165, 1.54) is 30.2 Å². The van der Waals surface area contributed by atoms with Gasteiger partial charge in [-0.3, -0.25) is 4.79 Å². The summed E-state index contributed by atoms with van der Waals surface area (Å²) in [7, 11) is 0. The molecule has 6 heteroatoms. The van der Waals surface area contributed by atoms with Crippen LogP contribution in [0.1, 0.15) is 25.0 Å². The summed E-state index contributed by atoms with van der Waals surface area (Å²) in [5, 5.41) is 12.8. The van der Waals surface area contributed by atoms with Crippen LogP contribution in [-0.4, -0.2) is 32.1 Å². The normalized spacial score (nSPS) is 15.3. The molecule has 1 amide bonds. The molecule has 2 N–H and O–H groups in total. The summed E-state index contributed by atoms with van der Waals surface area (Å²) in [6, 6.07) is 12.8. The second-order valence-corrected chi connectivity index (χ2v) is 7.13. The minimum Gasteiger partial charge on any atom is -0.457 e. The standard InChI is InChI=1S/C21H22ClN3O2/c22-18-6-4-16(5-7-18)20-9-8-19(27-20)14-17(15-23)21(26)24-10-13-25-11-2-1-3-12-25/h4-9,14H,1-3,10-13H2,(H,24,26)/p+1/b17-14-. The first-order chi connectivity index (χ1) is 13.2. The Morgan fingerprint density at radius 3 is 2.63 bits per heavy atom. The van der Waals surface area contributed by atoms with Crippen LogP contribution in [-0.2, 0) is 4.79 Å². The number of quaternary nitrogens is 1. The van der Waals surface area contributed by atoms with E-state index in [9.17, 15) is 10.1 Å². The molecule has 0 radical (unpaired) electrons. The predicted molar refractivity (Wildman–Crippen MR) is 105 cm³/mol. The number of piperidine rings is 1. The minimum absolute atomic E-state index is 0.0423. The Bertz CT molecular complexity index is 843. The van der Waals surface area contributed by atoms with Gasteiger partial charge in [0.2, 0.25) is 0 Å². The number of nitrogens with one attached hydrogen (secondary N) is 2. The van der Waals surface area contributed by atoms with Crippen molar-refractivity contribution in [3.63, 3.8) is 0 Å². The van der Waals surface area contributed by atoms with Gasteiger partial charge in [0, 0.05) is 16.7 Å². The molecule has 1 fully saturated rings. The van der Waals surface area contributed by atoms with Crippen molar-refractivity contribution >= 4 is 23.6 Å². The maximum absolute atomic E-state index is 12.3. The van der Waals surface area contributed by atoms with Crippen molar-refractivity contribution in [1.82, 2.24) is 5.32 Å². The number of furan rings is 1. The lowest BCUT2D eigenvalue weighted by atomic mass is 10.1. The van der Waals surface area contributed by atoms with Crippen molar-refractivity contribution < 1.29 is 14.1 Å². The summed E-state index contributed by atoms with van der Waals surface area (Å²) >= 11 is 5.90. The molecule has 1 aromatic carbocycles. The topological polar surface area (TPSA) is 70.5 Å². The monoisotopic (exact) mass is 384 g/mol. The maximum atomic E-state index is 12.3. The van der Waals surface area contributed by atoms with E-state index in [0.717, 1.165) is 25.2 Å². The van der Waals surface area contributed by atoms with Crippen LogP contribution in [0.3, 0.4) is 0 Å². The quantitative estimate of drug-likeness (QED) is 0.594. The van der Waals surface area contributed by atoms with Gasteiger partial charge in [0.05, 0.1) is 26.2 Å². The average molecular weight is 385 g/mol. The van der Waals surface area contributed by atoms with Gasteiger partial charge in [0.15, 0.2) is 0 Å². The Kier molecular flexibility index (Phi) is 6.69. The number of hydrogen-bond donors (Lipinski definition) is 2. The third-order valence-corrected chi connectivity index (χ3v) is 4.98. The van der Waals surface area contributed by atoms with Gasteiger partial charge in [-0.1, -0.05) is 11.6 Å². The summed E-state index contributed by atoms with van der Waals surface area (Å²) in [6.45, 7) is 3.79. The Morgan fingerprint density at radius 1 is 1.19 bits per heavy atom. The largest absolute Gasteiger partial charge is 0.457 e. The van der Waals surface area contributed by atoms with Crippen molar-refractivity contribution in [2.45, 2.75) is 19.3 Å². The van der Waals surface area contributed by atoms with Crippen molar-refractivity contribution in [1.29, 1.82) is 5.26 Å². The number of hydrogen-bond acceptors (Lipinski definition) is 3. The number of carbonyl (C=O) groups excluding carboxylic acids is 1. The van der Waals surface area contributed by atoms with E-state index >= 15 is 0 Å². The summed E-state index contributed by atoms with van der Waals surface area (Å²) in [6.07, 6.45) is 5.28. The van der Waals surface area contributed by atoms with Crippen LogP contribution in [0.4, 0.5) is 0 Å². The second-order valence-electron chi connectivity index (χ2n) is 6.70. The van der Waals surface area contributed by atoms with E-state index in [2.05, 4.69) is 5.32 Å². The molecule has 0 saturated carbocycles. The van der Waals surface area contributed by atoms with Crippen LogP contribution < -0.4 is 10.2 Å². The van der Waals surface area contributed by atoms with Gasteiger partial charge in [-0.25, -0.2) is 0 Å². The van der Waals surface area contributed by atoms with Gasteiger partial charge in [-0.2, -0.15) is 5.26 Å². The molecule has 0 aliphatic carbocycles. The van der Waals surface area contributed by atoms with Gasteiger partial charge in [-0.05, 0) is 55.7 Å². The fourth-order valence-electron chi connectivity index (χ4n) is 3.24. The zero-order valence-corrected chi connectivity index (χ0v) is 15.9. The zero-order chi connectivity index (χ0) is 19.1. The Balaban J connectivity index is 1.59. The molecule has 0 bridgehead atoms. The van der Waals surface area contributed by atoms with Crippen LogP contribution in [0, 0.1) is 11.3 Å². The van der Waals surface area contributed by atoms with Gasteiger partial charge in [0.25, 0.3) is 5.91 Å². The minimum atomic E-state index is -0.363. The lowest BCUT2D eigenvalue weighted by Gasteiger charge is -2.23. The zero-order valence-electron chi connectivity index (χ0n) is 15.1. The van der Waals surface area contributed by atoms with Crippen LogP contribution in [0.25, 0.3) is 17.4 Å². The number of nitriles is 1. The number of halogens is 1. The van der Waals surface area contributed by atoms with Crippen molar-refractivity contribution in [3.05, 3.63) is 52.8 Å². The van der Waals surface area contributed by atoms with E-state index in [1.807, 2.05) is 24.3 Å².